The summed E-state index contributed by atoms with van der Waals surface area (Å²) >= 11 is 0. The molecule has 2 aromatic carbocycles. The van der Waals surface area contributed by atoms with Crippen LogP contribution in [0.5, 0.6) is 11.5 Å². The topological polar surface area (TPSA) is 94.6 Å². The lowest BCUT2D eigenvalue weighted by Gasteiger charge is -2.19. The molecule has 1 aliphatic heterocycles. The van der Waals surface area contributed by atoms with Gasteiger partial charge in [0.15, 0.2) is 17.1 Å². The molecule has 0 atom stereocenters. The number of nitrogens with one attached hydrogen (secondary N) is 1. The Balaban J connectivity index is 1.62. The Hall–Kier alpha value is -3.84. The summed E-state index contributed by atoms with van der Waals surface area (Å²) in [6.45, 7) is 1.14. The first-order chi connectivity index (χ1) is 16.7. The zero-order chi connectivity index (χ0) is 23.1. The molecule has 0 bridgehead atoms. The van der Waals surface area contributed by atoms with Gasteiger partial charge < -0.3 is 15.2 Å². The van der Waals surface area contributed by atoms with E-state index in [4.69, 9.17) is 20.2 Å². The Morgan fingerprint density at radius 1 is 0.971 bits per heavy atom. The summed E-state index contributed by atoms with van der Waals surface area (Å²) in [6, 6.07) is 15.6. The fourth-order valence-corrected chi connectivity index (χ4v) is 4.94. The fourth-order valence-electron chi connectivity index (χ4n) is 4.94. The molecule has 1 aliphatic carbocycles. The number of hydrogen-bond donors (Lipinski definition) is 2. The average Bonchev–Trinajstić information content (AvgIpc) is 3.29. The molecule has 7 nitrogen and oxygen atoms in total. The lowest BCUT2D eigenvalue weighted by molar-refractivity contribution is 0.171. The Morgan fingerprint density at radius 2 is 1.79 bits per heavy atom. The molecule has 2 aliphatic rings. The van der Waals surface area contributed by atoms with Crippen LogP contribution in [0.1, 0.15) is 36.9 Å². The molecule has 4 aromatic rings. The van der Waals surface area contributed by atoms with Crippen molar-refractivity contribution in [1.29, 1.82) is 0 Å². The van der Waals surface area contributed by atoms with Crippen LogP contribution in [0, 0.1) is 0 Å². The van der Waals surface area contributed by atoms with Gasteiger partial charge in [-0.2, -0.15) is 4.52 Å². The first kappa shape index (κ1) is 20.7. The number of aromatic amines is 1. The third kappa shape index (κ3) is 3.40. The lowest BCUT2D eigenvalue weighted by Crippen LogP contribution is -2.22. The highest BCUT2D eigenvalue weighted by Crippen LogP contribution is 2.38. The van der Waals surface area contributed by atoms with Crippen molar-refractivity contribution < 1.29 is 9.47 Å². The zero-order valence-electron chi connectivity index (χ0n) is 18.8. The highest BCUT2D eigenvalue weighted by atomic mass is 16.6. The monoisotopic (exact) mass is 454 g/mol. The molecule has 6 rings (SSSR count). The van der Waals surface area contributed by atoms with Crippen LogP contribution in [0.25, 0.3) is 33.6 Å². The van der Waals surface area contributed by atoms with E-state index in [0.29, 0.717) is 47.2 Å². The molecule has 3 heterocycles. The predicted octanol–water partition coefficient (Wildman–Crippen LogP) is 4.54. The predicted molar refractivity (Wildman–Crippen MR) is 132 cm³/mol. The Kier molecular flexibility index (Phi) is 5.19. The number of hydrogen-bond acceptors (Lipinski definition) is 5. The summed E-state index contributed by atoms with van der Waals surface area (Å²) in [5, 5.41) is 3.37. The molecule has 34 heavy (non-hydrogen) atoms. The van der Waals surface area contributed by atoms with Gasteiger partial charge in [0.05, 0.1) is 17.0 Å². The van der Waals surface area contributed by atoms with Crippen LogP contribution in [-0.4, -0.2) is 27.8 Å². The van der Waals surface area contributed by atoms with Gasteiger partial charge in [-0.15, -0.1) is 0 Å². The highest BCUT2D eigenvalue weighted by molar-refractivity contribution is 5.88. The van der Waals surface area contributed by atoms with Gasteiger partial charge in [0.25, 0.3) is 5.56 Å². The standard InChI is InChI=1S/C27H26N4O3/c28-16-20-23(19-11-12-21-22(15-19)34-14-13-33-21)27(32)31-26(29-20)24(17-7-3-1-4-8-17)25(30-31)18-9-5-2-6-10-18/h2,5-7,9-12,15,30H,1,3-4,8,13-14,16,28H2. The first-order valence-electron chi connectivity index (χ1n) is 11.8. The van der Waals surface area contributed by atoms with Crippen LogP contribution >= 0.6 is 0 Å². The van der Waals surface area contributed by atoms with Crippen LogP contribution in [-0.2, 0) is 6.54 Å². The van der Waals surface area contributed by atoms with E-state index in [1.165, 1.54) is 12.0 Å². The fraction of sp³-hybridized carbons (Fsp3) is 0.259. The van der Waals surface area contributed by atoms with E-state index in [1.807, 2.05) is 48.5 Å². The summed E-state index contributed by atoms with van der Waals surface area (Å²) in [7, 11) is 0. The van der Waals surface area contributed by atoms with Gasteiger partial charge in [-0.3, -0.25) is 9.89 Å². The molecule has 7 heteroatoms. The highest BCUT2D eigenvalue weighted by Gasteiger charge is 2.24. The maximum atomic E-state index is 13.9. The van der Waals surface area contributed by atoms with Gasteiger partial charge in [0.2, 0.25) is 0 Å². The number of nitrogens with two attached hydrogens (primary N) is 1. The van der Waals surface area contributed by atoms with Crippen LogP contribution in [0.2, 0.25) is 0 Å². The van der Waals surface area contributed by atoms with Gasteiger partial charge in [0, 0.05) is 17.7 Å². The van der Waals surface area contributed by atoms with E-state index in [2.05, 4.69) is 11.2 Å². The number of fused-ring (bicyclic) bond motifs is 2. The number of ether oxygens (including phenoxy) is 2. The van der Waals surface area contributed by atoms with Crippen molar-refractivity contribution in [1.82, 2.24) is 14.6 Å². The van der Waals surface area contributed by atoms with Crippen molar-refractivity contribution in [2.24, 2.45) is 5.73 Å². The largest absolute Gasteiger partial charge is 0.486 e. The van der Waals surface area contributed by atoms with Crippen molar-refractivity contribution in [3.63, 3.8) is 0 Å². The molecule has 0 unspecified atom stereocenters. The second kappa shape index (κ2) is 8.50. The lowest BCUT2D eigenvalue weighted by atomic mass is 9.92. The van der Waals surface area contributed by atoms with Crippen molar-refractivity contribution in [2.45, 2.75) is 32.2 Å². The maximum Gasteiger partial charge on any atom is 0.280 e. The Morgan fingerprint density at radius 3 is 2.56 bits per heavy atom. The molecule has 0 saturated carbocycles. The quantitative estimate of drug-likeness (QED) is 0.472. The second-order valence-electron chi connectivity index (χ2n) is 8.66. The molecular weight excluding hydrogens is 428 g/mol. The van der Waals surface area contributed by atoms with Crippen molar-refractivity contribution >= 4 is 11.2 Å². The second-order valence-corrected chi connectivity index (χ2v) is 8.66. The molecular formula is C27H26N4O3. The van der Waals surface area contributed by atoms with E-state index < -0.39 is 0 Å². The first-order valence-corrected chi connectivity index (χ1v) is 11.8. The average molecular weight is 455 g/mol. The molecule has 0 amide bonds. The van der Waals surface area contributed by atoms with E-state index in [9.17, 15) is 4.79 Å². The van der Waals surface area contributed by atoms with E-state index in [0.717, 1.165) is 36.1 Å². The molecule has 0 radical (unpaired) electrons. The van der Waals surface area contributed by atoms with Crippen molar-refractivity contribution in [2.75, 3.05) is 13.2 Å². The molecule has 0 saturated heterocycles. The maximum absolute atomic E-state index is 13.9. The Labute approximate surface area is 196 Å². The van der Waals surface area contributed by atoms with Crippen LogP contribution < -0.4 is 20.8 Å². The number of rotatable bonds is 4. The van der Waals surface area contributed by atoms with E-state index >= 15 is 0 Å². The number of nitrogens with zero attached hydrogens (tertiary/aromatic N) is 2. The minimum absolute atomic E-state index is 0.153. The molecule has 172 valence electrons. The normalized spacial score (nSPS) is 15.4. The molecule has 0 spiro atoms. The van der Waals surface area contributed by atoms with Crippen LogP contribution in [0.15, 0.2) is 59.4 Å². The van der Waals surface area contributed by atoms with Gasteiger partial charge in [-0.05, 0) is 49.0 Å². The molecule has 3 N–H and O–H groups in total. The SMILES string of the molecule is NCc1nc2c(C3=CCCCC3)c(-c3ccccc3)[nH]n2c(=O)c1-c1ccc2c(c1)OCCO2. The third-order valence-corrected chi connectivity index (χ3v) is 6.55. The van der Waals surface area contributed by atoms with Gasteiger partial charge in [-0.1, -0.05) is 42.5 Å². The number of benzene rings is 2. The summed E-state index contributed by atoms with van der Waals surface area (Å²) in [4.78, 5) is 18.9. The van der Waals surface area contributed by atoms with Gasteiger partial charge in [0.1, 0.15) is 13.2 Å². The minimum Gasteiger partial charge on any atom is -0.486 e. The summed E-state index contributed by atoms with van der Waals surface area (Å²) in [6.07, 6.45) is 6.58. The zero-order valence-corrected chi connectivity index (χ0v) is 18.8. The number of allylic oxidation sites excluding steroid dienone is 2. The third-order valence-electron chi connectivity index (χ3n) is 6.55. The molecule has 2 aromatic heterocycles. The van der Waals surface area contributed by atoms with E-state index in [-0.39, 0.29) is 12.1 Å². The summed E-state index contributed by atoms with van der Waals surface area (Å²) < 4.78 is 13.0. The van der Waals surface area contributed by atoms with Crippen LogP contribution in [0.3, 0.4) is 0 Å². The summed E-state index contributed by atoms with van der Waals surface area (Å²) in [5.41, 5.74) is 12.5. The minimum atomic E-state index is -0.179. The van der Waals surface area contributed by atoms with Crippen molar-refractivity contribution in [3.8, 4) is 33.9 Å². The summed E-state index contributed by atoms with van der Waals surface area (Å²) in [5.74, 6) is 1.30. The smallest absolute Gasteiger partial charge is 0.280 e. The van der Waals surface area contributed by atoms with Gasteiger partial charge in [-0.25, -0.2) is 4.98 Å². The Bertz CT molecular complexity index is 1470. The number of H-pyrrole nitrogens is 1. The van der Waals surface area contributed by atoms with E-state index in [1.54, 1.807) is 4.52 Å². The molecule has 0 fully saturated rings. The number of aromatic nitrogens is 3. The van der Waals surface area contributed by atoms with Crippen LogP contribution in [0.4, 0.5) is 0 Å². The van der Waals surface area contributed by atoms with Gasteiger partial charge >= 0.3 is 0 Å². The van der Waals surface area contributed by atoms with Crippen molar-refractivity contribution in [3.05, 3.63) is 76.2 Å².